The predicted octanol–water partition coefficient (Wildman–Crippen LogP) is 2.47. The summed E-state index contributed by atoms with van der Waals surface area (Å²) in [5.41, 5.74) is -1.14. The molecule has 1 fully saturated rings. The molecule has 1 N–H and O–H groups in total. The van der Waals surface area contributed by atoms with Gasteiger partial charge in [0.25, 0.3) is 0 Å². The molecule has 10 heteroatoms. The van der Waals surface area contributed by atoms with Crippen LogP contribution in [0.25, 0.3) is 0 Å². The van der Waals surface area contributed by atoms with Crippen LogP contribution < -0.4 is 10.2 Å². The van der Waals surface area contributed by atoms with Crippen molar-refractivity contribution in [2.24, 2.45) is 13.0 Å². The molecule has 1 aliphatic rings. The zero-order chi connectivity index (χ0) is 21.1. The van der Waals surface area contributed by atoms with Gasteiger partial charge < -0.3 is 19.7 Å². The molecule has 158 valence electrons. The summed E-state index contributed by atoms with van der Waals surface area (Å²) in [7, 11) is 3.34. The fourth-order valence-electron chi connectivity index (χ4n) is 3.77. The first-order valence-corrected chi connectivity index (χ1v) is 9.46. The van der Waals surface area contributed by atoms with E-state index in [1.807, 2.05) is 32.6 Å². The quantitative estimate of drug-likeness (QED) is 0.580. The Balaban J connectivity index is 2.15. The van der Waals surface area contributed by atoms with Gasteiger partial charge in [0, 0.05) is 33.2 Å². The number of anilines is 1. The van der Waals surface area contributed by atoms with Crippen LogP contribution in [0.3, 0.4) is 0 Å². The smallest absolute Gasteiger partial charge is 0.407 e. The highest BCUT2D eigenvalue weighted by atomic mass is 16.6. The Hall–Kier alpha value is -2.36. The molecule has 0 saturated carbocycles. The lowest BCUT2D eigenvalue weighted by molar-refractivity contribution is -0.384. The number of methoxy groups -OCH3 is 1. The monoisotopic (exact) mass is 397 g/mol. The van der Waals surface area contributed by atoms with E-state index in [9.17, 15) is 14.9 Å². The Morgan fingerprint density at radius 1 is 1.50 bits per heavy atom. The Morgan fingerprint density at radius 3 is 2.71 bits per heavy atom. The van der Waals surface area contributed by atoms with Crippen LogP contribution in [0.5, 0.6) is 0 Å². The molecule has 0 aliphatic carbocycles. The van der Waals surface area contributed by atoms with E-state index < -0.39 is 22.2 Å². The molecule has 28 heavy (non-hydrogen) atoms. The van der Waals surface area contributed by atoms with Gasteiger partial charge in [-0.3, -0.25) is 10.1 Å². The molecule has 1 aromatic rings. The summed E-state index contributed by atoms with van der Waals surface area (Å²) in [6.07, 6.45) is 2.20. The van der Waals surface area contributed by atoms with Crippen molar-refractivity contribution in [1.82, 2.24) is 15.1 Å². The van der Waals surface area contributed by atoms with Crippen molar-refractivity contribution < 1.29 is 19.2 Å². The average Bonchev–Trinajstić information content (AvgIpc) is 3.00. The van der Waals surface area contributed by atoms with E-state index in [0.29, 0.717) is 31.9 Å². The molecule has 0 aromatic carbocycles. The van der Waals surface area contributed by atoms with Crippen LogP contribution in [-0.2, 0) is 16.5 Å². The number of aryl methyl sites for hydroxylation is 1. The number of nitro groups is 1. The lowest BCUT2D eigenvalue weighted by atomic mass is 9.79. The number of carbonyl (C=O) groups excluding carboxylic acids is 1. The highest BCUT2D eigenvalue weighted by Crippen LogP contribution is 2.37. The van der Waals surface area contributed by atoms with E-state index in [1.165, 1.54) is 10.9 Å². The van der Waals surface area contributed by atoms with Crippen molar-refractivity contribution in [2.75, 3.05) is 31.6 Å². The van der Waals surface area contributed by atoms with Crippen LogP contribution in [0, 0.1) is 16.0 Å². The molecule has 2 atom stereocenters. The van der Waals surface area contributed by atoms with Crippen molar-refractivity contribution in [2.45, 2.75) is 51.7 Å². The van der Waals surface area contributed by atoms with Crippen LogP contribution in [0.15, 0.2) is 6.20 Å². The zero-order valence-corrected chi connectivity index (χ0v) is 17.5. The first kappa shape index (κ1) is 21.9. The molecule has 1 aliphatic heterocycles. The summed E-state index contributed by atoms with van der Waals surface area (Å²) in [6, 6.07) is 0. The summed E-state index contributed by atoms with van der Waals surface area (Å²) in [5, 5.41) is 18.2. The highest BCUT2D eigenvalue weighted by Gasteiger charge is 2.44. The van der Waals surface area contributed by atoms with Crippen LogP contribution >= 0.6 is 0 Å². The van der Waals surface area contributed by atoms with Crippen LogP contribution in [0.4, 0.5) is 16.3 Å². The third kappa shape index (κ3) is 4.73. The lowest BCUT2D eigenvalue weighted by Crippen LogP contribution is -2.58. The Labute approximate surface area is 165 Å². The molecule has 2 heterocycles. The SMILES string of the molecule is CC[C@H]1CN(c2c([N+](=O)[O-])cnn2C)CC[C@@]1(CNC(=O)OC(C)(C)C)OC. The predicted molar refractivity (Wildman–Crippen MR) is 104 cm³/mol. The first-order valence-electron chi connectivity index (χ1n) is 9.46. The molecule has 10 nitrogen and oxygen atoms in total. The van der Waals surface area contributed by atoms with E-state index in [4.69, 9.17) is 9.47 Å². The maximum absolute atomic E-state index is 12.1. The van der Waals surface area contributed by atoms with Crippen LogP contribution in [-0.4, -0.2) is 58.7 Å². The van der Waals surface area contributed by atoms with Crippen molar-refractivity contribution in [3.8, 4) is 0 Å². The number of piperidine rings is 1. The Morgan fingerprint density at radius 2 is 2.18 bits per heavy atom. The van der Waals surface area contributed by atoms with Gasteiger partial charge in [-0.15, -0.1) is 0 Å². The molecular formula is C18H31N5O5. The number of aromatic nitrogens is 2. The number of alkyl carbamates (subject to hydrolysis) is 1. The van der Waals surface area contributed by atoms with Gasteiger partial charge in [0.15, 0.2) is 0 Å². The molecule has 0 spiro atoms. The second-order valence-electron chi connectivity index (χ2n) is 8.16. The minimum Gasteiger partial charge on any atom is -0.444 e. The zero-order valence-electron chi connectivity index (χ0n) is 17.5. The molecule has 2 rings (SSSR count). The average molecular weight is 397 g/mol. The number of nitrogens with zero attached hydrogens (tertiary/aromatic N) is 4. The van der Waals surface area contributed by atoms with Crippen LogP contribution in [0.1, 0.15) is 40.5 Å². The van der Waals surface area contributed by atoms with Gasteiger partial charge in [-0.1, -0.05) is 6.92 Å². The third-order valence-electron chi connectivity index (χ3n) is 5.20. The lowest BCUT2D eigenvalue weighted by Gasteiger charge is -2.47. The van der Waals surface area contributed by atoms with Crippen molar-refractivity contribution >= 4 is 17.6 Å². The molecular weight excluding hydrogens is 366 g/mol. The van der Waals surface area contributed by atoms with Gasteiger partial charge in [0.2, 0.25) is 5.82 Å². The Bertz CT molecular complexity index is 714. The van der Waals surface area contributed by atoms with Gasteiger partial charge in [-0.25, -0.2) is 9.48 Å². The summed E-state index contributed by atoms with van der Waals surface area (Å²) >= 11 is 0. The van der Waals surface area contributed by atoms with Crippen molar-refractivity contribution in [1.29, 1.82) is 0 Å². The van der Waals surface area contributed by atoms with Gasteiger partial charge in [-0.05, 0) is 33.6 Å². The number of rotatable bonds is 6. The molecule has 1 saturated heterocycles. The molecule has 1 aromatic heterocycles. The minimum atomic E-state index is -0.573. The number of carbonyl (C=O) groups is 1. The normalized spacial score (nSPS) is 22.8. The fourth-order valence-corrected chi connectivity index (χ4v) is 3.77. The summed E-state index contributed by atoms with van der Waals surface area (Å²) in [4.78, 5) is 25.0. The summed E-state index contributed by atoms with van der Waals surface area (Å²) < 4.78 is 12.7. The first-order chi connectivity index (χ1) is 13.0. The second kappa shape index (κ2) is 8.34. The number of hydrogen-bond donors (Lipinski definition) is 1. The van der Waals surface area contributed by atoms with Gasteiger partial charge >= 0.3 is 11.8 Å². The van der Waals surface area contributed by atoms with Crippen molar-refractivity contribution in [3.05, 3.63) is 16.3 Å². The third-order valence-corrected chi connectivity index (χ3v) is 5.20. The van der Waals surface area contributed by atoms with Gasteiger partial charge in [0.05, 0.1) is 17.1 Å². The van der Waals surface area contributed by atoms with Crippen LogP contribution in [0.2, 0.25) is 0 Å². The summed E-state index contributed by atoms with van der Waals surface area (Å²) in [6.45, 7) is 8.93. The number of ether oxygens (including phenoxy) is 2. The summed E-state index contributed by atoms with van der Waals surface area (Å²) in [5.74, 6) is 0.559. The van der Waals surface area contributed by atoms with Crippen molar-refractivity contribution in [3.63, 3.8) is 0 Å². The second-order valence-corrected chi connectivity index (χ2v) is 8.16. The van der Waals surface area contributed by atoms with E-state index in [-0.39, 0.29) is 11.6 Å². The van der Waals surface area contributed by atoms with E-state index in [0.717, 1.165) is 6.42 Å². The van der Waals surface area contributed by atoms with Gasteiger partial charge in [-0.2, -0.15) is 5.10 Å². The maximum atomic E-state index is 12.1. The largest absolute Gasteiger partial charge is 0.444 e. The number of amides is 1. The van der Waals surface area contributed by atoms with E-state index in [1.54, 1.807) is 14.2 Å². The molecule has 1 amide bonds. The maximum Gasteiger partial charge on any atom is 0.407 e. The number of hydrogen-bond acceptors (Lipinski definition) is 7. The molecule has 0 radical (unpaired) electrons. The van der Waals surface area contributed by atoms with Gasteiger partial charge in [0.1, 0.15) is 11.8 Å². The van der Waals surface area contributed by atoms with E-state index in [2.05, 4.69) is 10.4 Å². The molecule has 0 unspecified atom stereocenters. The topological polar surface area (TPSA) is 112 Å². The minimum absolute atomic E-state index is 0.00542. The molecule has 0 bridgehead atoms. The number of nitrogens with one attached hydrogen (secondary N) is 1. The highest BCUT2D eigenvalue weighted by molar-refractivity contribution is 5.67. The Kier molecular flexibility index (Phi) is 6.53. The fraction of sp³-hybridized carbons (Fsp3) is 0.778. The van der Waals surface area contributed by atoms with E-state index >= 15 is 0 Å². The standard InChI is InChI=1S/C18H31N5O5/c1-7-13-11-22(15-14(23(25)26)10-20-21(15)5)9-8-18(13,27-6)12-19-16(24)28-17(2,3)4/h10,13H,7-9,11-12H2,1-6H3,(H,19,24)/t13-,18-/m0/s1.